The second-order valence-electron chi connectivity index (χ2n) is 3.47. The standard InChI is InChI=1S/C12H10BrN3S/c13-12-4-2-9(17-12)7-16-11-5-8(6-14)1-3-10(11)15/h1-5,16H,7,15H2. The molecule has 0 aliphatic carbocycles. The van der Waals surface area contributed by atoms with Gasteiger partial charge in [-0.2, -0.15) is 5.26 Å². The van der Waals surface area contributed by atoms with Crippen molar-refractivity contribution in [2.45, 2.75) is 6.54 Å². The van der Waals surface area contributed by atoms with Gasteiger partial charge in [-0.25, -0.2) is 0 Å². The normalized spacial score (nSPS) is 9.88. The monoisotopic (exact) mass is 307 g/mol. The van der Waals surface area contributed by atoms with Gasteiger partial charge in [0.15, 0.2) is 0 Å². The van der Waals surface area contributed by atoms with Crippen LogP contribution in [-0.4, -0.2) is 0 Å². The van der Waals surface area contributed by atoms with Crippen LogP contribution in [-0.2, 0) is 6.54 Å². The predicted molar refractivity (Wildman–Crippen MR) is 74.9 cm³/mol. The molecule has 1 aromatic carbocycles. The molecule has 1 heterocycles. The Balaban J connectivity index is 2.11. The summed E-state index contributed by atoms with van der Waals surface area (Å²) in [5.74, 6) is 0. The molecule has 0 fully saturated rings. The van der Waals surface area contributed by atoms with E-state index in [0.29, 0.717) is 17.8 Å². The molecule has 0 radical (unpaired) electrons. The SMILES string of the molecule is N#Cc1ccc(N)c(NCc2ccc(Br)s2)c1. The minimum atomic E-state index is 0.606. The van der Waals surface area contributed by atoms with Gasteiger partial charge in [0, 0.05) is 11.4 Å². The van der Waals surface area contributed by atoms with E-state index in [1.54, 1.807) is 29.5 Å². The molecule has 0 saturated carbocycles. The van der Waals surface area contributed by atoms with Crippen LogP contribution < -0.4 is 11.1 Å². The average Bonchev–Trinajstić information content (AvgIpc) is 2.74. The summed E-state index contributed by atoms with van der Waals surface area (Å²) in [7, 11) is 0. The Bertz CT molecular complexity index is 571. The molecule has 0 amide bonds. The number of hydrogen-bond acceptors (Lipinski definition) is 4. The number of thiophene rings is 1. The minimum Gasteiger partial charge on any atom is -0.397 e. The lowest BCUT2D eigenvalue weighted by Gasteiger charge is -2.08. The average molecular weight is 308 g/mol. The molecule has 86 valence electrons. The molecule has 0 aliphatic rings. The van der Waals surface area contributed by atoms with Crippen molar-refractivity contribution < 1.29 is 0 Å². The number of nitrogens with one attached hydrogen (secondary N) is 1. The molecule has 0 bridgehead atoms. The van der Waals surface area contributed by atoms with E-state index in [1.165, 1.54) is 4.88 Å². The minimum absolute atomic E-state index is 0.606. The van der Waals surface area contributed by atoms with Crippen molar-refractivity contribution in [2.24, 2.45) is 0 Å². The number of benzene rings is 1. The van der Waals surface area contributed by atoms with Crippen LogP contribution in [0.1, 0.15) is 10.4 Å². The molecule has 0 atom stereocenters. The summed E-state index contributed by atoms with van der Waals surface area (Å²) in [4.78, 5) is 1.21. The molecule has 2 rings (SSSR count). The number of anilines is 2. The Hall–Kier alpha value is -1.51. The summed E-state index contributed by atoms with van der Waals surface area (Å²) < 4.78 is 1.10. The molecule has 3 nitrogen and oxygen atoms in total. The summed E-state index contributed by atoms with van der Waals surface area (Å²) >= 11 is 5.09. The quantitative estimate of drug-likeness (QED) is 0.852. The van der Waals surface area contributed by atoms with Crippen LogP contribution in [0.5, 0.6) is 0 Å². The van der Waals surface area contributed by atoms with Crippen molar-refractivity contribution in [3.05, 3.63) is 44.6 Å². The third-order valence-corrected chi connectivity index (χ3v) is 3.89. The van der Waals surface area contributed by atoms with E-state index in [4.69, 9.17) is 11.0 Å². The molecule has 0 aliphatic heterocycles. The zero-order valence-electron chi connectivity index (χ0n) is 8.90. The Morgan fingerprint density at radius 1 is 1.35 bits per heavy atom. The molecule has 17 heavy (non-hydrogen) atoms. The third-order valence-electron chi connectivity index (χ3n) is 2.26. The molecule has 2 aromatic rings. The van der Waals surface area contributed by atoms with Gasteiger partial charge >= 0.3 is 0 Å². The van der Waals surface area contributed by atoms with Crippen LogP contribution in [0.15, 0.2) is 34.1 Å². The lowest BCUT2D eigenvalue weighted by Crippen LogP contribution is -2.01. The maximum Gasteiger partial charge on any atom is 0.0992 e. The Morgan fingerprint density at radius 3 is 2.82 bits per heavy atom. The highest BCUT2D eigenvalue weighted by atomic mass is 79.9. The molecule has 3 N–H and O–H groups in total. The van der Waals surface area contributed by atoms with Gasteiger partial charge in [0.25, 0.3) is 0 Å². The Labute approximate surface area is 112 Å². The Morgan fingerprint density at radius 2 is 2.18 bits per heavy atom. The number of hydrogen-bond donors (Lipinski definition) is 2. The van der Waals surface area contributed by atoms with Crippen LogP contribution in [0.4, 0.5) is 11.4 Å². The number of nitrogen functional groups attached to an aromatic ring is 1. The van der Waals surface area contributed by atoms with Crippen molar-refractivity contribution in [1.82, 2.24) is 0 Å². The van der Waals surface area contributed by atoms with Crippen LogP contribution in [0.3, 0.4) is 0 Å². The smallest absolute Gasteiger partial charge is 0.0992 e. The molecule has 5 heteroatoms. The largest absolute Gasteiger partial charge is 0.397 e. The summed E-state index contributed by atoms with van der Waals surface area (Å²) in [6.07, 6.45) is 0. The molecule has 0 unspecified atom stereocenters. The van der Waals surface area contributed by atoms with Crippen LogP contribution in [0.2, 0.25) is 0 Å². The lowest BCUT2D eigenvalue weighted by atomic mass is 10.2. The highest BCUT2D eigenvalue weighted by molar-refractivity contribution is 9.11. The van der Waals surface area contributed by atoms with E-state index >= 15 is 0 Å². The number of halogens is 1. The van der Waals surface area contributed by atoms with E-state index in [1.807, 2.05) is 12.1 Å². The van der Waals surface area contributed by atoms with Crippen LogP contribution >= 0.6 is 27.3 Å². The van der Waals surface area contributed by atoms with Gasteiger partial charge in [-0.3, -0.25) is 0 Å². The summed E-state index contributed by atoms with van der Waals surface area (Å²) in [5.41, 5.74) is 7.89. The molecule has 1 aromatic heterocycles. The number of nitriles is 1. The molecule has 0 spiro atoms. The van der Waals surface area contributed by atoms with E-state index in [-0.39, 0.29) is 0 Å². The van der Waals surface area contributed by atoms with Gasteiger partial charge in [-0.15, -0.1) is 11.3 Å². The van der Waals surface area contributed by atoms with Crippen molar-refractivity contribution >= 4 is 38.6 Å². The fourth-order valence-electron chi connectivity index (χ4n) is 1.41. The summed E-state index contributed by atoms with van der Waals surface area (Å²) in [5, 5.41) is 12.0. The van der Waals surface area contributed by atoms with Gasteiger partial charge < -0.3 is 11.1 Å². The maximum atomic E-state index is 8.82. The van der Waals surface area contributed by atoms with E-state index in [9.17, 15) is 0 Å². The molecular formula is C12H10BrN3S. The molecular weight excluding hydrogens is 298 g/mol. The Kier molecular flexibility index (Phi) is 3.67. The third kappa shape index (κ3) is 2.99. The van der Waals surface area contributed by atoms with Gasteiger partial charge in [0.05, 0.1) is 26.8 Å². The topological polar surface area (TPSA) is 61.8 Å². The zero-order valence-corrected chi connectivity index (χ0v) is 11.3. The van der Waals surface area contributed by atoms with Crippen molar-refractivity contribution in [3.8, 4) is 6.07 Å². The van der Waals surface area contributed by atoms with Crippen molar-refractivity contribution in [2.75, 3.05) is 11.1 Å². The highest BCUT2D eigenvalue weighted by Gasteiger charge is 2.02. The fourth-order valence-corrected chi connectivity index (χ4v) is 2.83. The number of rotatable bonds is 3. The van der Waals surface area contributed by atoms with Crippen LogP contribution in [0, 0.1) is 11.3 Å². The van der Waals surface area contributed by atoms with Gasteiger partial charge in [0.1, 0.15) is 0 Å². The first-order chi connectivity index (χ1) is 8.19. The van der Waals surface area contributed by atoms with Crippen LogP contribution in [0.25, 0.3) is 0 Å². The van der Waals surface area contributed by atoms with E-state index in [0.717, 1.165) is 9.47 Å². The first kappa shape index (κ1) is 12.0. The molecule has 0 saturated heterocycles. The van der Waals surface area contributed by atoms with Gasteiger partial charge in [-0.1, -0.05) is 0 Å². The first-order valence-electron chi connectivity index (χ1n) is 4.97. The van der Waals surface area contributed by atoms with E-state index in [2.05, 4.69) is 27.3 Å². The maximum absolute atomic E-state index is 8.82. The van der Waals surface area contributed by atoms with Gasteiger partial charge in [-0.05, 0) is 46.3 Å². The van der Waals surface area contributed by atoms with Crippen molar-refractivity contribution in [3.63, 3.8) is 0 Å². The van der Waals surface area contributed by atoms with E-state index < -0.39 is 0 Å². The summed E-state index contributed by atoms with van der Waals surface area (Å²) in [6, 6.07) is 11.4. The number of nitrogens with two attached hydrogens (primary N) is 1. The second kappa shape index (κ2) is 5.21. The van der Waals surface area contributed by atoms with Crippen molar-refractivity contribution in [1.29, 1.82) is 5.26 Å². The second-order valence-corrected chi connectivity index (χ2v) is 6.02. The fraction of sp³-hybridized carbons (Fsp3) is 0.0833. The number of nitrogens with zero attached hydrogens (tertiary/aromatic N) is 1. The highest BCUT2D eigenvalue weighted by Crippen LogP contribution is 2.25. The zero-order chi connectivity index (χ0) is 12.3. The first-order valence-corrected chi connectivity index (χ1v) is 6.57. The summed E-state index contributed by atoms with van der Waals surface area (Å²) in [6.45, 7) is 0.704. The predicted octanol–water partition coefficient (Wildman–Crippen LogP) is 3.58. The lowest BCUT2D eigenvalue weighted by molar-refractivity contribution is 1.19. The van der Waals surface area contributed by atoms with Gasteiger partial charge in [0.2, 0.25) is 0 Å².